The van der Waals surface area contributed by atoms with Crippen LogP contribution >= 0.6 is 11.8 Å². The predicted molar refractivity (Wildman–Crippen MR) is 79.7 cm³/mol. The van der Waals surface area contributed by atoms with E-state index in [-0.39, 0.29) is 11.7 Å². The zero-order valence-corrected chi connectivity index (χ0v) is 12.6. The molecule has 0 bridgehead atoms. The zero-order valence-electron chi connectivity index (χ0n) is 11.8. The second-order valence-corrected chi connectivity index (χ2v) is 7.68. The highest BCUT2D eigenvalue weighted by Crippen LogP contribution is 2.37. The molecule has 1 saturated carbocycles. The lowest BCUT2D eigenvalue weighted by Gasteiger charge is -2.45. The van der Waals surface area contributed by atoms with Gasteiger partial charge >= 0.3 is 0 Å². The number of aliphatic hydroxyl groups excluding tert-OH is 1. The summed E-state index contributed by atoms with van der Waals surface area (Å²) in [5, 5.41) is 13.8. The average molecular weight is 285 g/mol. The molecule has 0 amide bonds. The van der Waals surface area contributed by atoms with Crippen molar-refractivity contribution in [3.05, 3.63) is 0 Å². The van der Waals surface area contributed by atoms with E-state index in [0.29, 0.717) is 12.1 Å². The minimum absolute atomic E-state index is 0.130. The van der Waals surface area contributed by atoms with Gasteiger partial charge in [-0.05, 0) is 50.0 Å². The van der Waals surface area contributed by atoms with Gasteiger partial charge in [0, 0.05) is 18.7 Å². The highest BCUT2D eigenvalue weighted by molar-refractivity contribution is 7.99. The van der Waals surface area contributed by atoms with Crippen LogP contribution in [0.2, 0.25) is 0 Å². The third kappa shape index (κ3) is 3.46. The average Bonchev–Trinajstić information content (AvgIpc) is 2.42. The van der Waals surface area contributed by atoms with Crippen molar-refractivity contribution in [2.45, 2.75) is 75.2 Å². The van der Waals surface area contributed by atoms with Gasteiger partial charge in [-0.15, -0.1) is 0 Å². The van der Waals surface area contributed by atoms with Crippen LogP contribution in [0.4, 0.5) is 0 Å². The van der Waals surface area contributed by atoms with E-state index in [0.717, 1.165) is 32.3 Å². The molecule has 0 aromatic carbocycles. The molecule has 2 saturated heterocycles. The van der Waals surface area contributed by atoms with E-state index in [9.17, 15) is 5.11 Å². The van der Waals surface area contributed by atoms with Crippen molar-refractivity contribution in [1.29, 1.82) is 0 Å². The van der Waals surface area contributed by atoms with E-state index in [1.807, 2.05) is 0 Å². The Morgan fingerprint density at radius 1 is 1.11 bits per heavy atom. The van der Waals surface area contributed by atoms with Crippen molar-refractivity contribution < 1.29 is 9.84 Å². The molecule has 110 valence electrons. The molecule has 1 spiro atoms. The molecule has 0 aromatic rings. The van der Waals surface area contributed by atoms with Gasteiger partial charge in [0.25, 0.3) is 0 Å². The normalized spacial score (nSPS) is 39.3. The second-order valence-electron chi connectivity index (χ2n) is 6.46. The molecule has 3 fully saturated rings. The van der Waals surface area contributed by atoms with Gasteiger partial charge in [0.05, 0.1) is 11.7 Å². The number of ether oxygens (including phenoxy) is 1. The molecule has 2 N–H and O–H groups in total. The maximum atomic E-state index is 10.1. The molecule has 3 atom stereocenters. The number of hydrogen-bond donors (Lipinski definition) is 2. The number of thioether (sulfide) groups is 1. The molecular weight excluding hydrogens is 258 g/mol. The van der Waals surface area contributed by atoms with E-state index in [1.165, 1.54) is 37.2 Å². The first-order valence-corrected chi connectivity index (χ1v) is 9.09. The third-order valence-electron chi connectivity index (χ3n) is 5.08. The van der Waals surface area contributed by atoms with Crippen LogP contribution in [0.15, 0.2) is 0 Å². The van der Waals surface area contributed by atoms with E-state index in [4.69, 9.17) is 4.74 Å². The van der Waals surface area contributed by atoms with Crippen LogP contribution in [-0.2, 0) is 4.74 Å². The van der Waals surface area contributed by atoms with Crippen molar-refractivity contribution in [2.75, 3.05) is 18.1 Å². The van der Waals surface area contributed by atoms with Crippen molar-refractivity contribution in [1.82, 2.24) is 5.32 Å². The first-order valence-electron chi connectivity index (χ1n) is 7.93. The molecule has 3 aliphatic rings. The molecule has 1 aliphatic carbocycles. The van der Waals surface area contributed by atoms with Crippen molar-refractivity contribution in [2.24, 2.45) is 0 Å². The van der Waals surface area contributed by atoms with Gasteiger partial charge < -0.3 is 15.2 Å². The Hall–Kier alpha value is 0.230. The summed E-state index contributed by atoms with van der Waals surface area (Å²) in [5.41, 5.74) is 0.154. The third-order valence-corrected chi connectivity index (χ3v) is 6.06. The molecule has 0 radical (unpaired) electrons. The van der Waals surface area contributed by atoms with Gasteiger partial charge in [0.2, 0.25) is 0 Å². The molecule has 0 aromatic heterocycles. The number of hydrogen-bond acceptors (Lipinski definition) is 4. The van der Waals surface area contributed by atoms with Crippen LogP contribution in [0.1, 0.15) is 51.4 Å². The van der Waals surface area contributed by atoms with Gasteiger partial charge in [-0.1, -0.05) is 12.8 Å². The Morgan fingerprint density at radius 3 is 2.68 bits per heavy atom. The Bertz CT molecular complexity index is 288. The highest BCUT2D eigenvalue weighted by Gasteiger charge is 2.39. The van der Waals surface area contributed by atoms with Crippen LogP contribution in [0, 0.1) is 0 Å². The highest BCUT2D eigenvalue weighted by atomic mass is 32.2. The summed E-state index contributed by atoms with van der Waals surface area (Å²) in [4.78, 5) is 0. The quantitative estimate of drug-likeness (QED) is 0.817. The van der Waals surface area contributed by atoms with Crippen LogP contribution in [0.25, 0.3) is 0 Å². The molecule has 3 nitrogen and oxygen atoms in total. The second kappa shape index (κ2) is 6.33. The van der Waals surface area contributed by atoms with Crippen molar-refractivity contribution >= 4 is 11.8 Å². The lowest BCUT2D eigenvalue weighted by molar-refractivity contribution is -0.0963. The molecule has 19 heavy (non-hydrogen) atoms. The van der Waals surface area contributed by atoms with Crippen LogP contribution in [0.3, 0.4) is 0 Å². The first kappa shape index (κ1) is 14.2. The maximum Gasteiger partial charge on any atom is 0.0713 e. The summed E-state index contributed by atoms with van der Waals surface area (Å²) in [5.74, 6) is 2.50. The fourth-order valence-electron chi connectivity index (χ4n) is 3.87. The molecule has 2 aliphatic heterocycles. The smallest absolute Gasteiger partial charge is 0.0713 e. The number of rotatable bonds is 2. The summed E-state index contributed by atoms with van der Waals surface area (Å²) in [6, 6.07) is 0.876. The Kier molecular flexibility index (Phi) is 4.73. The van der Waals surface area contributed by atoms with Gasteiger partial charge in [-0.3, -0.25) is 0 Å². The summed E-state index contributed by atoms with van der Waals surface area (Å²) >= 11 is 2.06. The van der Waals surface area contributed by atoms with Crippen molar-refractivity contribution in [3.63, 3.8) is 0 Å². The van der Waals surface area contributed by atoms with Gasteiger partial charge in [-0.25, -0.2) is 0 Å². The molecule has 3 rings (SSSR count). The molecule has 2 heterocycles. The van der Waals surface area contributed by atoms with E-state index < -0.39 is 0 Å². The largest absolute Gasteiger partial charge is 0.392 e. The summed E-state index contributed by atoms with van der Waals surface area (Å²) < 4.78 is 6.14. The lowest BCUT2D eigenvalue weighted by Crippen LogP contribution is -2.54. The van der Waals surface area contributed by atoms with Gasteiger partial charge in [-0.2, -0.15) is 11.8 Å². The SMILES string of the molecule is OC1CCCCC1NC1CCOC2(CCSCC2)C1. The lowest BCUT2D eigenvalue weighted by atomic mass is 9.84. The molecule has 3 unspecified atom stereocenters. The minimum atomic E-state index is -0.130. The fourth-order valence-corrected chi connectivity index (χ4v) is 5.11. The first-order chi connectivity index (χ1) is 9.27. The van der Waals surface area contributed by atoms with Gasteiger partial charge in [0.15, 0.2) is 0 Å². The predicted octanol–water partition coefficient (Wildman–Crippen LogP) is 2.32. The number of nitrogens with one attached hydrogen (secondary N) is 1. The van der Waals surface area contributed by atoms with Crippen LogP contribution in [0.5, 0.6) is 0 Å². The Labute approximate surface area is 120 Å². The molecule has 4 heteroatoms. The fraction of sp³-hybridized carbons (Fsp3) is 1.00. The minimum Gasteiger partial charge on any atom is -0.392 e. The Morgan fingerprint density at radius 2 is 1.89 bits per heavy atom. The van der Waals surface area contributed by atoms with Crippen LogP contribution in [-0.4, -0.2) is 47.0 Å². The van der Waals surface area contributed by atoms with E-state index in [2.05, 4.69) is 17.1 Å². The monoisotopic (exact) mass is 285 g/mol. The van der Waals surface area contributed by atoms with Crippen LogP contribution < -0.4 is 5.32 Å². The van der Waals surface area contributed by atoms with E-state index in [1.54, 1.807) is 0 Å². The van der Waals surface area contributed by atoms with Gasteiger partial charge in [0.1, 0.15) is 0 Å². The Balaban J connectivity index is 1.55. The maximum absolute atomic E-state index is 10.1. The standard InChI is InChI=1S/C15H27NO2S/c17-14-4-2-1-3-13(14)16-12-5-8-18-15(11-12)6-9-19-10-7-15/h12-14,16-17H,1-11H2. The number of aliphatic hydroxyl groups is 1. The summed E-state index contributed by atoms with van der Waals surface area (Å²) in [6.45, 7) is 0.894. The van der Waals surface area contributed by atoms with Crippen molar-refractivity contribution in [3.8, 4) is 0 Å². The van der Waals surface area contributed by atoms with E-state index >= 15 is 0 Å². The summed E-state index contributed by atoms with van der Waals surface area (Å²) in [6.07, 6.45) is 9.12. The summed E-state index contributed by atoms with van der Waals surface area (Å²) in [7, 11) is 0. The molecular formula is C15H27NO2S. The zero-order chi connectivity index (χ0) is 13.1. The topological polar surface area (TPSA) is 41.5 Å².